The van der Waals surface area contributed by atoms with E-state index in [0.29, 0.717) is 0 Å². The highest BCUT2D eigenvalue weighted by Gasteiger charge is 2.14. The van der Waals surface area contributed by atoms with Crippen LogP contribution >= 0.6 is 0 Å². The number of nitriles is 1. The molecule has 4 nitrogen and oxygen atoms in total. The summed E-state index contributed by atoms with van der Waals surface area (Å²) in [6.45, 7) is 4.28. The predicted octanol–water partition coefficient (Wildman–Crippen LogP) is -0.570. The minimum Gasteiger partial charge on any atom is -0.379 e. The minimum absolute atomic E-state index is 0.0527. The van der Waals surface area contributed by atoms with Gasteiger partial charge in [-0.1, -0.05) is 0 Å². The van der Waals surface area contributed by atoms with Crippen LogP contribution < -0.4 is 5.32 Å². The van der Waals surface area contributed by atoms with Crippen LogP contribution in [0.25, 0.3) is 0 Å². The van der Waals surface area contributed by atoms with Gasteiger partial charge in [-0.3, -0.25) is 4.90 Å². The first-order chi connectivity index (χ1) is 5.86. The third-order valence-corrected chi connectivity index (χ3v) is 2.05. The Morgan fingerprint density at radius 1 is 1.58 bits per heavy atom. The molecule has 4 heteroatoms. The molecule has 1 unspecified atom stereocenters. The van der Waals surface area contributed by atoms with Crippen molar-refractivity contribution in [1.29, 1.82) is 5.26 Å². The van der Waals surface area contributed by atoms with E-state index in [9.17, 15) is 0 Å². The van der Waals surface area contributed by atoms with Crippen LogP contribution in [0.4, 0.5) is 0 Å². The molecule has 0 radical (unpaired) electrons. The summed E-state index contributed by atoms with van der Waals surface area (Å²) >= 11 is 0. The molecule has 12 heavy (non-hydrogen) atoms. The fourth-order valence-corrected chi connectivity index (χ4v) is 1.24. The maximum Gasteiger partial charge on any atom is 0.108 e. The normalized spacial score (nSPS) is 21.7. The average molecular weight is 169 g/mol. The van der Waals surface area contributed by atoms with Crippen LogP contribution in [0, 0.1) is 11.3 Å². The number of morpholine rings is 1. The molecule has 1 rings (SSSR count). The van der Waals surface area contributed by atoms with Crippen molar-refractivity contribution in [2.24, 2.45) is 0 Å². The first-order valence-electron chi connectivity index (χ1n) is 4.24. The second-order valence-corrected chi connectivity index (χ2v) is 2.88. The predicted molar refractivity (Wildman–Crippen MR) is 45.7 cm³/mol. The highest BCUT2D eigenvalue weighted by Crippen LogP contribution is 1.97. The molecule has 0 amide bonds. The summed E-state index contributed by atoms with van der Waals surface area (Å²) in [5, 5.41) is 11.6. The molecule has 0 aromatic carbocycles. The molecular formula is C8H15N3O. The number of nitrogens with one attached hydrogen (secondary N) is 1. The molecule has 0 spiro atoms. The van der Waals surface area contributed by atoms with E-state index in [1.54, 1.807) is 0 Å². The number of ether oxygens (including phenoxy) is 1. The highest BCUT2D eigenvalue weighted by atomic mass is 16.5. The third-order valence-electron chi connectivity index (χ3n) is 2.05. The first-order valence-corrected chi connectivity index (χ1v) is 4.24. The van der Waals surface area contributed by atoms with Gasteiger partial charge in [-0.05, 0) is 7.05 Å². The largest absolute Gasteiger partial charge is 0.379 e. The molecule has 0 bridgehead atoms. The van der Waals surface area contributed by atoms with Gasteiger partial charge in [0.25, 0.3) is 0 Å². The van der Waals surface area contributed by atoms with E-state index < -0.39 is 0 Å². The standard InChI is InChI=1S/C8H15N3O/c1-10-8(6-9)7-11-2-4-12-5-3-11/h8,10H,2-5,7H2,1H3. The van der Waals surface area contributed by atoms with Gasteiger partial charge in [-0.15, -0.1) is 0 Å². The molecular weight excluding hydrogens is 154 g/mol. The number of hydrogen-bond donors (Lipinski definition) is 1. The van der Waals surface area contributed by atoms with Crippen LogP contribution in [0.1, 0.15) is 0 Å². The van der Waals surface area contributed by atoms with Gasteiger partial charge in [-0.25, -0.2) is 0 Å². The Labute approximate surface area is 73.1 Å². The van der Waals surface area contributed by atoms with E-state index >= 15 is 0 Å². The lowest BCUT2D eigenvalue weighted by molar-refractivity contribution is 0.0362. The Kier molecular flexibility index (Phi) is 4.01. The van der Waals surface area contributed by atoms with E-state index in [2.05, 4.69) is 16.3 Å². The molecule has 0 aliphatic carbocycles. The molecule has 0 saturated carbocycles. The van der Waals surface area contributed by atoms with Gasteiger partial charge in [-0.2, -0.15) is 5.26 Å². The van der Waals surface area contributed by atoms with Crippen molar-refractivity contribution in [3.8, 4) is 6.07 Å². The van der Waals surface area contributed by atoms with Gasteiger partial charge in [0.2, 0.25) is 0 Å². The molecule has 1 aliphatic rings. The van der Waals surface area contributed by atoms with Crippen LogP contribution in [0.3, 0.4) is 0 Å². The van der Waals surface area contributed by atoms with Crippen molar-refractivity contribution in [1.82, 2.24) is 10.2 Å². The molecule has 1 N–H and O–H groups in total. The second kappa shape index (κ2) is 5.09. The van der Waals surface area contributed by atoms with E-state index in [1.807, 2.05) is 7.05 Å². The molecule has 1 saturated heterocycles. The SMILES string of the molecule is CNC(C#N)CN1CCOCC1. The van der Waals surface area contributed by atoms with Crippen molar-refractivity contribution in [3.05, 3.63) is 0 Å². The van der Waals surface area contributed by atoms with Gasteiger partial charge in [0, 0.05) is 19.6 Å². The Hall–Kier alpha value is -0.630. The van der Waals surface area contributed by atoms with E-state index in [0.717, 1.165) is 32.8 Å². The lowest BCUT2D eigenvalue weighted by Crippen LogP contribution is -2.44. The number of rotatable bonds is 3. The number of nitrogens with zero attached hydrogens (tertiary/aromatic N) is 2. The monoisotopic (exact) mass is 169 g/mol. The zero-order chi connectivity index (χ0) is 8.81. The summed E-state index contributed by atoms with van der Waals surface area (Å²) in [6.07, 6.45) is 0. The summed E-state index contributed by atoms with van der Waals surface area (Å²) in [6, 6.07) is 2.15. The maximum atomic E-state index is 8.69. The van der Waals surface area contributed by atoms with Gasteiger partial charge in [0.1, 0.15) is 6.04 Å². The summed E-state index contributed by atoms with van der Waals surface area (Å²) in [4.78, 5) is 2.24. The average Bonchev–Trinajstić information content (AvgIpc) is 2.16. The molecule has 1 atom stereocenters. The molecule has 1 heterocycles. The van der Waals surface area contributed by atoms with Crippen LogP contribution in [0.5, 0.6) is 0 Å². The first kappa shape index (κ1) is 9.46. The third kappa shape index (κ3) is 2.78. The highest BCUT2D eigenvalue weighted by molar-refractivity contribution is 4.91. The molecule has 1 aliphatic heterocycles. The maximum absolute atomic E-state index is 8.69. The zero-order valence-electron chi connectivity index (χ0n) is 7.42. The number of likely N-dealkylation sites (N-methyl/N-ethyl adjacent to an activating group) is 1. The van der Waals surface area contributed by atoms with Crippen molar-refractivity contribution < 1.29 is 4.74 Å². The lowest BCUT2D eigenvalue weighted by Gasteiger charge is -2.27. The zero-order valence-corrected chi connectivity index (χ0v) is 7.42. The van der Waals surface area contributed by atoms with Crippen LogP contribution in [0.15, 0.2) is 0 Å². The number of hydrogen-bond acceptors (Lipinski definition) is 4. The Balaban J connectivity index is 2.24. The van der Waals surface area contributed by atoms with E-state index in [4.69, 9.17) is 10.00 Å². The van der Waals surface area contributed by atoms with Crippen molar-refractivity contribution in [2.75, 3.05) is 39.9 Å². The molecule has 68 valence electrons. The molecule has 1 fully saturated rings. The van der Waals surface area contributed by atoms with Crippen LogP contribution in [0.2, 0.25) is 0 Å². The summed E-state index contributed by atoms with van der Waals surface area (Å²) in [7, 11) is 1.81. The fraction of sp³-hybridized carbons (Fsp3) is 0.875. The van der Waals surface area contributed by atoms with Gasteiger partial charge < -0.3 is 10.1 Å². The summed E-state index contributed by atoms with van der Waals surface area (Å²) in [5.41, 5.74) is 0. The Morgan fingerprint density at radius 2 is 2.25 bits per heavy atom. The Bertz CT molecular complexity index is 160. The van der Waals surface area contributed by atoms with Gasteiger partial charge >= 0.3 is 0 Å². The van der Waals surface area contributed by atoms with Crippen molar-refractivity contribution in [2.45, 2.75) is 6.04 Å². The van der Waals surface area contributed by atoms with Crippen LogP contribution in [-0.2, 0) is 4.74 Å². The van der Waals surface area contributed by atoms with E-state index in [1.165, 1.54) is 0 Å². The minimum atomic E-state index is -0.0527. The lowest BCUT2D eigenvalue weighted by atomic mass is 10.3. The van der Waals surface area contributed by atoms with Crippen molar-refractivity contribution >= 4 is 0 Å². The van der Waals surface area contributed by atoms with Gasteiger partial charge in [0.15, 0.2) is 0 Å². The Morgan fingerprint density at radius 3 is 2.75 bits per heavy atom. The fourth-order valence-electron chi connectivity index (χ4n) is 1.24. The second-order valence-electron chi connectivity index (χ2n) is 2.88. The van der Waals surface area contributed by atoms with E-state index in [-0.39, 0.29) is 6.04 Å². The molecule has 0 aromatic heterocycles. The summed E-state index contributed by atoms with van der Waals surface area (Å²) in [5.74, 6) is 0. The summed E-state index contributed by atoms with van der Waals surface area (Å²) < 4.78 is 5.20. The topological polar surface area (TPSA) is 48.3 Å². The molecule has 0 aromatic rings. The smallest absolute Gasteiger partial charge is 0.108 e. The quantitative estimate of drug-likeness (QED) is 0.614. The van der Waals surface area contributed by atoms with Gasteiger partial charge in [0.05, 0.1) is 19.3 Å². The van der Waals surface area contributed by atoms with Crippen molar-refractivity contribution in [3.63, 3.8) is 0 Å². The van der Waals surface area contributed by atoms with Crippen LogP contribution in [-0.4, -0.2) is 50.8 Å².